The largest absolute Gasteiger partial charge is 0.481 e. The number of hydrogen-bond acceptors (Lipinski definition) is 4. The Morgan fingerprint density at radius 1 is 1.12 bits per heavy atom. The summed E-state index contributed by atoms with van der Waals surface area (Å²) in [4.78, 5) is 24.2. The summed E-state index contributed by atoms with van der Waals surface area (Å²) < 4.78 is 0. The number of benzene rings is 2. The SMILES string of the molecule is CC(C)Sc1ccccc1C(=O)Nc1cccc(CSCCC(=O)O)c1. The Bertz CT molecular complexity index is 762. The van der Waals surface area contributed by atoms with Gasteiger partial charge in [-0.15, -0.1) is 11.8 Å². The molecule has 0 spiro atoms. The molecule has 6 heteroatoms. The van der Waals surface area contributed by atoms with E-state index in [-0.39, 0.29) is 12.3 Å². The number of hydrogen-bond donors (Lipinski definition) is 2. The fourth-order valence-electron chi connectivity index (χ4n) is 2.30. The van der Waals surface area contributed by atoms with E-state index in [2.05, 4.69) is 19.2 Å². The van der Waals surface area contributed by atoms with E-state index in [9.17, 15) is 9.59 Å². The molecular weight excluding hydrogens is 366 g/mol. The molecule has 2 rings (SSSR count). The maximum Gasteiger partial charge on any atom is 0.304 e. The second kappa shape index (κ2) is 10.3. The number of carbonyl (C=O) groups is 2. The predicted octanol–water partition coefficient (Wildman–Crippen LogP) is 5.15. The van der Waals surface area contributed by atoms with Crippen molar-refractivity contribution < 1.29 is 14.7 Å². The van der Waals surface area contributed by atoms with Crippen LogP contribution in [0.2, 0.25) is 0 Å². The lowest BCUT2D eigenvalue weighted by Crippen LogP contribution is -2.13. The molecule has 2 N–H and O–H groups in total. The van der Waals surface area contributed by atoms with Gasteiger partial charge in [0.1, 0.15) is 0 Å². The van der Waals surface area contributed by atoms with Crippen LogP contribution in [0, 0.1) is 0 Å². The van der Waals surface area contributed by atoms with Crippen molar-refractivity contribution in [2.24, 2.45) is 0 Å². The predicted molar refractivity (Wildman–Crippen MR) is 110 cm³/mol. The third-order valence-corrected chi connectivity index (χ3v) is 5.52. The standard InChI is InChI=1S/C20H23NO3S2/c1-14(2)26-18-9-4-3-8-17(18)20(24)21-16-7-5-6-15(12-16)13-25-11-10-19(22)23/h3-9,12,14H,10-11,13H2,1-2H3,(H,21,24)(H,22,23). The molecule has 0 radical (unpaired) electrons. The lowest BCUT2D eigenvalue weighted by Gasteiger charge is -2.12. The number of aliphatic carboxylic acids is 1. The first-order chi connectivity index (χ1) is 12.5. The first-order valence-corrected chi connectivity index (χ1v) is 10.4. The van der Waals surface area contributed by atoms with Crippen LogP contribution in [0.4, 0.5) is 5.69 Å². The van der Waals surface area contributed by atoms with Gasteiger partial charge in [0, 0.05) is 27.3 Å². The van der Waals surface area contributed by atoms with Crippen molar-refractivity contribution in [2.75, 3.05) is 11.1 Å². The number of amides is 1. The molecule has 138 valence electrons. The minimum absolute atomic E-state index is 0.121. The van der Waals surface area contributed by atoms with Crippen LogP contribution in [0.3, 0.4) is 0 Å². The van der Waals surface area contributed by atoms with E-state index in [1.165, 1.54) is 0 Å². The highest BCUT2D eigenvalue weighted by molar-refractivity contribution is 8.00. The molecule has 0 aliphatic carbocycles. The van der Waals surface area contributed by atoms with Gasteiger partial charge in [-0.25, -0.2) is 0 Å². The molecule has 2 aromatic carbocycles. The van der Waals surface area contributed by atoms with Crippen LogP contribution in [0.5, 0.6) is 0 Å². The second-order valence-electron chi connectivity index (χ2n) is 6.01. The van der Waals surface area contributed by atoms with Crippen molar-refractivity contribution in [1.29, 1.82) is 0 Å². The van der Waals surface area contributed by atoms with Crippen molar-refractivity contribution >= 4 is 41.1 Å². The average molecular weight is 390 g/mol. The van der Waals surface area contributed by atoms with Crippen molar-refractivity contribution in [3.63, 3.8) is 0 Å². The van der Waals surface area contributed by atoms with Crippen molar-refractivity contribution in [3.8, 4) is 0 Å². The summed E-state index contributed by atoms with van der Waals surface area (Å²) in [6.07, 6.45) is 0.158. The van der Waals surface area contributed by atoms with Gasteiger partial charge < -0.3 is 10.4 Å². The number of anilines is 1. The molecule has 1 amide bonds. The van der Waals surface area contributed by atoms with E-state index in [0.29, 0.717) is 16.6 Å². The molecule has 0 saturated carbocycles. The Hall–Kier alpha value is -1.92. The quantitative estimate of drug-likeness (QED) is 0.459. The topological polar surface area (TPSA) is 66.4 Å². The Balaban J connectivity index is 2.01. The van der Waals surface area contributed by atoms with E-state index in [4.69, 9.17) is 5.11 Å². The molecule has 0 aromatic heterocycles. The summed E-state index contributed by atoms with van der Waals surface area (Å²) in [7, 11) is 0. The molecule has 26 heavy (non-hydrogen) atoms. The van der Waals surface area contributed by atoms with E-state index < -0.39 is 5.97 Å². The average Bonchev–Trinajstić information content (AvgIpc) is 2.59. The fraction of sp³-hybridized carbons (Fsp3) is 0.300. The maximum atomic E-state index is 12.7. The van der Waals surface area contributed by atoms with Gasteiger partial charge in [0.15, 0.2) is 0 Å². The summed E-state index contributed by atoms with van der Waals surface area (Å²) in [5.41, 5.74) is 2.48. The zero-order chi connectivity index (χ0) is 18.9. The highest BCUT2D eigenvalue weighted by Gasteiger charge is 2.13. The molecule has 2 aromatic rings. The molecule has 0 atom stereocenters. The van der Waals surface area contributed by atoms with Crippen molar-refractivity contribution in [1.82, 2.24) is 0 Å². The number of carbonyl (C=O) groups excluding carboxylic acids is 1. The van der Waals surface area contributed by atoms with Gasteiger partial charge in [0.05, 0.1) is 12.0 Å². The smallest absolute Gasteiger partial charge is 0.304 e. The minimum atomic E-state index is -0.781. The summed E-state index contributed by atoms with van der Waals surface area (Å²) in [6, 6.07) is 15.3. The lowest BCUT2D eigenvalue weighted by molar-refractivity contribution is -0.136. The van der Waals surface area contributed by atoms with Gasteiger partial charge in [-0.05, 0) is 29.8 Å². The zero-order valence-corrected chi connectivity index (χ0v) is 16.5. The Morgan fingerprint density at radius 3 is 2.62 bits per heavy atom. The highest BCUT2D eigenvalue weighted by Crippen LogP contribution is 2.27. The second-order valence-corrected chi connectivity index (χ2v) is 8.74. The molecular formula is C20H23NO3S2. The van der Waals surface area contributed by atoms with Crippen LogP contribution < -0.4 is 5.32 Å². The zero-order valence-electron chi connectivity index (χ0n) is 14.9. The molecule has 0 bridgehead atoms. The first-order valence-electron chi connectivity index (χ1n) is 8.41. The number of carboxylic acids is 1. The Morgan fingerprint density at radius 2 is 1.88 bits per heavy atom. The van der Waals surface area contributed by atoms with Crippen molar-refractivity contribution in [2.45, 2.75) is 36.2 Å². The minimum Gasteiger partial charge on any atom is -0.481 e. The summed E-state index contributed by atoms with van der Waals surface area (Å²) in [5.74, 6) is 0.392. The third-order valence-electron chi connectivity index (χ3n) is 3.41. The van der Waals surface area contributed by atoms with Crippen LogP contribution in [0.1, 0.15) is 36.2 Å². The maximum absolute atomic E-state index is 12.7. The molecule has 4 nitrogen and oxygen atoms in total. The van der Waals surface area contributed by atoms with Gasteiger partial charge in [-0.1, -0.05) is 38.1 Å². The number of carboxylic acid groups (broad SMARTS) is 1. The van der Waals surface area contributed by atoms with E-state index in [1.54, 1.807) is 23.5 Å². The van der Waals surface area contributed by atoms with Gasteiger partial charge in [-0.3, -0.25) is 9.59 Å². The number of thioether (sulfide) groups is 2. The molecule has 0 aliphatic heterocycles. The van der Waals surface area contributed by atoms with Gasteiger partial charge in [0.2, 0.25) is 0 Å². The van der Waals surface area contributed by atoms with E-state index in [1.807, 2.05) is 48.5 Å². The van der Waals surface area contributed by atoms with Crippen LogP contribution in [0.25, 0.3) is 0 Å². The lowest BCUT2D eigenvalue weighted by atomic mass is 10.2. The van der Waals surface area contributed by atoms with Crippen LogP contribution in [-0.2, 0) is 10.5 Å². The summed E-state index contributed by atoms with van der Waals surface area (Å²) in [5, 5.41) is 12.0. The van der Waals surface area contributed by atoms with Gasteiger partial charge >= 0.3 is 5.97 Å². The fourth-order valence-corrected chi connectivity index (χ4v) is 4.13. The summed E-state index contributed by atoms with van der Waals surface area (Å²) >= 11 is 3.24. The molecule has 0 fully saturated rings. The van der Waals surface area contributed by atoms with E-state index in [0.717, 1.165) is 21.9 Å². The monoisotopic (exact) mass is 389 g/mol. The molecule has 0 heterocycles. The van der Waals surface area contributed by atoms with Gasteiger partial charge in [-0.2, -0.15) is 11.8 Å². The molecule has 0 unspecified atom stereocenters. The van der Waals surface area contributed by atoms with Gasteiger partial charge in [0.25, 0.3) is 5.91 Å². The molecule has 0 saturated heterocycles. The first kappa shape index (κ1) is 20.4. The normalized spacial score (nSPS) is 10.7. The van der Waals surface area contributed by atoms with Crippen LogP contribution in [0.15, 0.2) is 53.4 Å². The van der Waals surface area contributed by atoms with Crippen LogP contribution in [-0.4, -0.2) is 28.0 Å². The summed E-state index contributed by atoms with van der Waals surface area (Å²) in [6.45, 7) is 4.20. The number of nitrogens with one attached hydrogen (secondary N) is 1. The number of rotatable bonds is 9. The molecule has 0 aliphatic rings. The Kier molecular flexibility index (Phi) is 8.06. The van der Waals surface area contributed by atoms with Crippen molar-refractivity contribution in [3.05, 3.63) is 59.7 Å². The Labute approximate surface area is 162 Å². The van der Waals surface area contributed by atoms with Crippen LogP contribution >= 0.6 is 23.5 Å². The third kappa shape index (κ3) is 6.77. The van der Waals surface area contributed by atoms with E-state index >= 15 is 0 Å². The highest BCUT2D eigenvalue weighted by atomic mass is 32.2.